The lowest BCUT2D eigenvalue weighted by atomic mass is 10.1. The van der Waals surface area contributed by atoms with E-state index in [4.69, 9.17) is 10.00 Å². The third-order valence-corrected chi connectivity index (χ3v) is 3.46. The fraction of sp³-hybridized carbons (Fsp3) is 0.438. The van der Waals surface area contributed by atoms with Gasteiger partial charge in [-0.3, -0.25) is 9.59 Å². The molecule has 1 aliphatic heterocycles. The van der Waals surface area contributed by atoms with Gasteiger partial charge in [0.15, 0.2) is 0 Å². The first-order valence-electron chi connectivity index (χ1n) is 7.20. The summed E-state index contributed by atoms with van der Waals surface area (Å²) in [6.45, 7) is 4.05. The summed E-state index contributed by atoms with van der Waals surface area (Å²) in [5.41, 5.74) is 1.74. The van der Waals surface area contributed by atoms with Crippen molar-refractivity contribution in [1.29, 1.82) is 5.26 Å². The highest BCUT2D eigenvalue weighted by molar-refractivity contribution is 6.00. The van der Waals surface area contributed by atoms with Crippen LogP contribution >= 0.6 is 0 Å². The van der Waals surface area contributed by atoms with Crippen LogP contribution in [0.5, 0.6) is 0 Å². The molecule has 0 saturated carbocycles. The van der Waals surface area contributed by atoms with Crippen LogP contribution in [0.1, 0.15) is 25.8 Å². The van der Waals surface area contributed by atoms with Crippen molar-refractivity contribution in [3.05, 3.63) is 29.8 Å². The number of benzene rings is 1. The number of hydrogen-bond acceptors (Lipinski definition) is 4. The molecule has 0 saturated heterocycles. The van der Waals surface area contributed by atoms with Crippen LogP contribution in [-0.2, 0) is 20.9 Å². The summed E-state index contributed by atoms with van der Waals surface area (Å²) in [5, 5.41) is 10.9. The van der Waals surface area contributed by atoms with Crippen molar-refractivity contribution >= 4 is 17.5 Å². The maximum Gasteiger partial charge on any atom is 0.256 e. The Labute approximate surface area is 129 Å². The van der Waals surface area contributed by atoms with Crippen LogP contribution in [0.25, 0.3) is 0 Å². The molecule has 1 aliphatic rings. The highest BCUT2D eigenvalue weighted by Gasteiger charge is 2.33. The van der Waals surface area contributed by atoms with E-state index in [1.54, 1.807) is 4.90 Å². The van der Waals surface area contributed by atoms with E-state index in [0.717, 1.165) is 11.3 Å². The SMILES string of the molecule is CC(C)N1C(=O)C(CC(=O)NCC#N)OCc2ccccc21. The first kappa shape index (κ1) is 16.0. The molecule has 116 valence electrons. The average Bonchev–Trinajstić information content (AvgIpc) is 2.63. The van der Waals surface area contributed by atoms with Gasteiger partial charge in [-0.25, -0.2) is 0 Å². The second kappa shape index (κ2) is 7.05. The monoisotopic (exact) mass is 301 g/mol. The van der Waals surface area contributed by atoms with Crippen molar-refractivity contribution in [3.63, 3.8) is 0 Å². The normalized spacial score (nSPS) is 17.6. The van der Waals surface area contributed by atoms with E-state index in [0.29, 0.717) is 0 Å². The van der Waals surface area contributed by atoms with Gasteiger partial charge < -0.3 is 15.0 Å². The number of rotatable bonds is 4. The largest absolute Gasteiger partial charge is 0.363 e. The molecule has 1 aromatic rings. The Balaban J connectivity index is 2.22. The Bertz CT molecular complexity index is 607. The van der Waals surface area contributed by atoms with Crippen molar-refractivity contribution in [2.45, 2.75) is 39.0 Å². The van der Waals surface area contributed by atoms with Crippen molar-refractivity contribution in [3.8, 4) is 6.07 Å². The highest BCUT2D eigenvalue weighted by Crippen LogP contribution is 2.28. The molecular weight excluding hydrogens is 282 g/mol. The average molecular weight is 301 g/mol. The van der Waals surface area contributed by atoms with Crippen LogP contribution in [0.4, 0.5) is 5.69 Å². The fourth-order valence-corrected chi connectivity index (χ4v) is 2.46. The lowest BCUT2D eigenvalue weighted by molar-refractivity contribution is -0.136. The number of fused-ring (bicyclic) bond motifs is 1. The zero-order valence-corrected chi connectivity index (χ0v) is 12.7. The Morgan fingerprint density at radius 1 is 1.50 bits per heavy atom. The molecule has 6 heteroatoms. The molecule has 0 aliphatic carbocycles. The van der Waals surface area contributed by atoms with Crippen molar-refractivity contribution in [2.24, 2.45) is 0 Å². The van der Waals surface area contributed by atoms with Crippen LogP contribution in [0, 0.1) is 11.3 Å². The lowest BCUT2D eigenvalue weighted by Gasteiger charge is -2.28. The highest BCUT2D eigenvalue weighted by atomic mass is 16.5. The minimum absolute atomic E-state index is 0.0416. The Kier molecular flexibility index (Phi) is 5.12. The van der Waals surface area contributed by atoms with Gasteiger partial charge in [-0.15, -0.1) is 0 Å². The van der Waals surface area contributed by atoms with Crippen LogP contribution < -0.4 is 10.2 Å². The maximum atomic E-state index is 12.7. The Hall–Kier alpha value is -2.39. The number of ether oxygens (including phenoxy) is 1. The second-order valence-corrected chi connectivity index (χ2v) is 5.37. The van der Waals surface area contributed by atoms with Crippen LogP contribution in [0.3, 0.4) is 0 Å². The minimum Gasteiger partial charge on any atom is -0.363 e. The molecule has 0 radical (unpaired) electrons. The predicted octanol–water partition coefficient (Wildman–Crippen LogP) is 1.36. The molecule has 1 atom stereocenters. The quantitative estimate of drug-likeness (QED) is 0.851. The summed E-state index contributed by atoms with van der Waals surface area (Å²) >= 11 is 0. The van der Waals surface area contributed by atoms with E-state index in [1.165, 1.54) is 0 Å². The number of hydrogen-bond donors (Lipinski definition) is 1. The number of amides is 2. The number of carbonyl (C=O) groups is 2. The summed E-state index contributed by atoms with van der Waals surface area (Å²) in [6.07, 6.45) is -0.925. The number of nitriles is 1. The van der Waals surface area contributed by atoms with Gasteiger partial charge in [-0.1, -0.05) is 18.2 Å². The van der Waals surface area contributed by atoms with Gasteiger partial charge in [0.2, 0.25) is 5.91 Å². The van der Waals surface area contributed by atoms with E-state index in [1.807, 2.05) is 44.2 Å². The van der Waals surface area contributed by atoms with E-state index in [9.17, 15) is 9.59 Å². The lowest BCUT2D eigenvalue weighted by Crippen LogP contribution is -2.45. The van der Waals surface area contributed by atoms with E-state index < -0.39 is 6.10 Å². The number of nitrogens with zero attached hydrogens (tertiary/aromatic N) is 2. The Morgan fingerprint density at radius 3 is 2.91 bits per heavy atom. The second-order valence-electron chi connectivity index (χ2n) is 5.37. The van der Waals surface area contributed by atoms with Gasteiger partial charge in [-0.2, -0.15) is 5.26 Å². The molecule has 0 fully saturated rings. The van der Waals surface area contributed by atoms with E-state index in [2.05, 4.69) is 5.32 Å². The van der Waals surface area contributed by atoms with Gasteiger partial charge in [0.25, 0.3) is 5.91 Å². The molecule has 22 heavy (non-hydrogen) atoms. The number of para-hydroxylation sites is 1. The molecular formula is C16H19N3O3. The molecule has 1 unspecified atom stereocenters. The first-order valence-corrected chi connectivity index (χ1v) is 7.20. The zero-order valence-electron chi connectivity index (χ0n) is 12.7. The standard InChI is InChI=1S/C16H19N3O3/c1-11(2)19-13-6-4-3-5-12(13)10-22-14(16(19)21)9-15(20)18-8-7-17/h3-6,11,14H,8-10H2,1-2H3,(H,18,20). The van der Waals surface area contributed by atoms with Gasteiger partial charge in [0.05, 0.1) is 19.1 Å². The van der Waals surface area contributed by atoms with Gasteiger partial charge in [-0.05, 0) is 19.9 Å². The topological polar surface area (TPSA) is 82.4 Å². The third-order valence-electron chi connectivity index (χ3n) is 3.46. The molecule has 1 N–H and O–H groups in total. The number of carbonyl (C=O) groups excluding carboxylic acids is 2. The minimum atomic E-state index is -0.839. The van der Waals surface area contributed by atoms with Crippen LogP contribution in [0.15, 0.2) is 24.3 Å². The molecule has 0 bridgehead atoms. The summed E-state index contributed by atoms with van der Waals surface area (Å²) in [5.74, 6) is -0.596. The summed E-state index contributed by atoms with van der Waals surface area (Å²) in [4.78, 5) is 26.2. The van der Waals surface area contributed by atoms with Gasteiger partial charge in [0, 0.05) is 17.3 Å². The van der Waals surface area contributed by atoms with Crippen molar-refractivity contribution < 1.29 is 14.3 Å². The van der Waals surface area contributed by atoms with E-state index >= 15 is 0 Å². The van der Waals surface area contributed by atoms with E-state index in [-0.39, 0.29) is 37.4 Å². The molecule has 6 nitrogen and oxygen atoms in total. The van der Waals surface area contributed by atoms with Gasteiger partial charge >= 0.3 is 0 Å². The third kappa shape index (κ3) is 3.43. The van der Waals surface area contributed by atoms with Crippen LogP contribution in [-0.4, -0.2) is 30.5 Å². The molecule has 0 spiro atoms. The molecule has 1 heterocycles. The number of anilines is 1. The predicted molar refractivity (Wildman–Crippen MR) is 80.9 cm³/mol. The molecule has 1 aromatic carbocycles. The summed E-state index contributed by atoms with van der Waals surface area (Å²) < 4.78 is 5.64. The zero-order chi connectivity index (χ0) is 16.1. The maximum absolute atomic E-state index is 12.7. The molecule has 2 amide bonds. The molecule has 2 rings (SSSR count). The van der Waals surface area contributed by atoms with Crippen LogP contribution in [0.2, 0.25) is 0 Å². The molecule has 0 aromatic heterocycles. The summed E-state index contributed by atoms with van der Waals surface area (Å²) in [6, 6.07) is 9.36. The smallest absolute Gasteiger partial charge is 0.256 e. The summed E-state index contributed by atoms with van der Waals surface area (Å²) in [7, 11) is 0. The van der Waals surface area contributed by atoms with Crippen molar-refractivity contribution in [1.82, 2.24) is 5.32 Å². The van der Waals surface area contributed by atoms with Gasteiger partial charge in [0.1, 0.15) is 12.6 Å². The fourth-order valence-electron chi connectivity index (χ4n) is 2.46. The Morgan fingerprint density at radius 2 is 2.23 bits per heavy atom. The number of nitrogens with one attached hydrogen (secondary N) is 1. The van der Waals surface area contributed by atoms with Crippen molar-refractivity contribution in [2.75, 3.05) is 11.4 Å². The first-order chi connectivity index (χ1) is 10.5.